The van der Waals surface area contributed by atoms with Gasteiger partial charge in [0, 0.05) is 12.1 Å². The molecule has 0 unspecified atom stereocenters. The molecule has 0 bridgehead atoms. The lowest BCUT2D eigenvalue weighted by molar-refractivity contribution is -0.119. The van der Waals surface area contributed by atoms with E-state index in [1.807, 2.05) is 37.3 Å². The number of nitrogens with zero attached hydrogens (tertiary/aromatic N) is 1. The van der Waals surface area contributed by atoms with Crippen molar-refractivity contribution in [3.05, 3.63) is 30.3 Å². The standard InChI is InChI=1S/C12H15NO2/c1-2-6-12(15)13(9-10-14)11-7-4-3-5-8-11/h3-5,7-8,10H,2,6,9H2,1H3. The van der Waals surface area contributed by atoms with E-state index in [2.05, 4.69) is 0 Å². The van der Waals surface area contributed by atoms with Crippen molar-refractivity contribution < 1.29 is 9.59 Å². The summed E-state index contributed by atoms with van der Waals surface area (Å²) in [7, 11) is 0. The molecule has 0 aliphatic rings. The highest BCUT2D eigenvalue weighted by Gasteiger charge is 2.13. The van der Waals surface area contributed by atoms with E-state index in [1.165, 1.54) is 4.90 Å². The van der Waals surface area contributed by atoms with Gasteiger partial charge in [0.1, 0.15) is 6.29 Å². The van der Waals surface area contributed by atoms with Crippen LogP contribution in [0.4, 0.5) is 5.69 Å². The largest absolute Gasteiger partial charge is 0.305 e. The average molecular weight is 205 g/mol. The van der Waals surface area contributed by atoms with E-state index in [0.717, 1.165) is 18.4 Å². The third-order valence-electron chi connectivity index (χ3n) is 2.09. The molecule has 0 heterocycles. The van der Waals surface area contributed by atoms with Crippen LogP contribution in [0.25, 0.3) is 0 Å². The summed E-state index contributed by atoms with van der Waals surface area (Å²) in [5.74, 6) is -0.00389. The zero-order valence-corrected chi connectivity index (χ0v) is 8.85. The molecule has 15 heavy (non-hydrogen) atoms. The van der Waals surface area contributed by atoms with Crippen LogP contribution < -0.4 is 4.90 Å². The van der Waals surface area contributed by atoms with E-state index in [0.29, 0.717) is 6.42 Å². The topological polar surface area (TPSA) is 37.4 Å². The van der Waals surface area contributed by atoms with Gasteiger partial charge in [0.2, 0.25) is 5.91 Å². The second-order valence-corrected chi connectivity index (χ2v) is 3.26. The number of para-hydroxylation sites is 1. The van der Waals surface area contributed by atoms with Crippen molar-refractivity contribution in [3.63, 3.8) is 0 Å². The molecule has 0 aliphatic carbocycles. The van der Waals surface area contributed by atoms with Gasteiger partial charge >= 0.3 is 0 Å². The molecule has 0 N–H and O–H groups in total. The maximum absolute atomic E-state index is 11.7. The summed E-state index contributed by atoms with van der Waals surface area (Å²) in [6.07, 6.45) is 2.02. The van der Waals surface area contributed by atoms with Crippen molar-refractivity contribution in [1.29, 1.82) is 0 Å². The van der Waals surface area contributed by atoms with Crippen LogP contribution in [0.1, 0.15) is 19.8 Å². The summed E-state index contributed by atoms with van der Waals surface area (Å²) in [5.41, 5.74) is 0.781. The van der Waals surface area contributed by atoms with E-state index in [-0.39, 0.29) is 12.5 Å². The molecule has 0 saturated carbocycles. The van der Waals surface area contributed by atoms with Gasteiger partial charge in [-0.25, -0.2) is 0 Å². The lowest BCUT2D eigenvalue weighted by Gasteiger charge is -2.19. The third kappa shape index (κ3) is 3.20. The fraction of sp³-hybridized carbons (Fsp3) is 0.333. The SMILES string of the molecule is CCCC(=O)N(CC=O)c1ccccc1. The monoisotopic (exact) mass is 205 g/mol. The molecule has 1 rings (SSSR count). The fourth-order valence-corrected chi connectivity index (χ4v) is 1.38. The molecule has 0 fully saturated rings. The van der Waals surface area contributed by atoms with Crippen LogP contribution in [0.3, 0.4) is 0 Å². The van der Waals surface area contributed by atoms with Gasteiger partial charge < -0.3 is 9.69 Å². The van der Waals surface area contributed by atoms with Gasteiger partial charge in [-0.1, -0.05) is 25.1 Å². The Bertz CT molecular complexity index is 322. The molecule has 3 nitrogen and oxygen atoms in total. The number of benzene rings is 1. The van der Waals surface area contributed by atoms with Gasteiger partial charge in [0.25, 0.3) is 0 Å². The molecular formula is C12H15NO2. The van der Waals surface area contributed by atoms with Gasteiger partial charge in [-0.15, -0.1) is 0 Å². The number of rotatable bonds is 5. The number of carbonyl (C=O) groups is 2. The second kappa shape index (κ2) is 5.96. The van der Waals surface area contributed by atoms with Gasteiger partial charge in [-0.3, -0.25) is 4.79 Å². The van der Waals surface area contributed by atoms with E-state index >= 15 is 0 Å². The minimum absolute atomic E-state index is 0.00389. The number of amides is 1. The molecule has 0 aromatic heterocycles. The van der Waals surface area contributed by atoms with Crippen LogP contribution in [-0.2, 0) is 9.59 Å². The Morgan fingerprint density at radius 2 is 2.00 bits per heavy atom. The van der Waals surface area contributed by atoms with E-state index in [4.69, 9.17) is 0 Å². The van der Waals surface area contributed by atoms with Gasteiger partial charge in [-0.2, -0.15) is 0 Å². The predicted molar refractivity (Wildman–Crippen MR) is 59.8 cm³/mol. The minimum atomic E-state index is -0.00389. The van der Waals surface area contributed by atoms with Gasteiger partial charge in [0.15, 0.2) is 0 Å². The highest BCUT2D eigenvalue weighted by Crippen LogP contribution is 2.14. The first-order chi connectivity index (χ1) is 7.29. The van der Waals surface area contributed by atoms with Crippen LogP contribution >= 0.6 is 0 Å². The van der Waals surface area contributed by atoms with Crippen LogP contribution in [0.5, 0.6) is 0 Å². The highest BCUT2D eigenvalue weighted by atomic mass is 16.2. The molecule has 0 aliphatic heterocycles. The van der Waals surface area contributed by atoms with Gasteiger partial charge in [-0.05, 0) is 18.6 Å². The zero-order valence-electron chi connectivity index (χ0n) is 8.85. The molecule has 1 aromatic rings. The third-order valence-corrected chi connectivity index (χ3v) is 2.09. The first kappa shape index (κ1) is 11.4. The summed E-state index contributed by atoms with van der Waals surface area (Å²) in [5, 5.41) is 0. The lowest BCUT2D eigenvalue weighted by Crippen LogP contribution is -2.32. The number of hydrogen-bond donors (Lipinski definition) is 0. The van der Waals surface area contributed by atoms with Crippen LogP contribution in [0.15, 0.2) is 30.3 Å². The maximum atomic E-state index is 11.7. The van der Waals surface area contributed by atoms with Crippen molar-refractivity contribution in [2.45, 2.75) is 19.8 Å². The normalized spacial score (nSPS) is 9.67. The molecule has 0 saturated heterocycles. The van der Waals surface area contributed by atoms with Crippen molar-refractivity contribution in [3.8, 4) is 0 Å². The fourth-order valence-electron chi connectivity index (χ4n) is 1.38. The van der Waals surface area contributed by atoms with Gasteiger partial charge in [0.05, 0.1) is 6.54 Å². The summed E-state index contributed by atoms with van der Waals surface area (Å²) < 4.78 is 0. The molecule has 0 spiro atoms. The number of carbonyl (C=O) groups excluding carboxylic acids is 2. The Morgan fingerprint density at radius 3 is 2.53 bits per heavy atom. The predicted octanol–water partition coefficient (Wildman–Crippen LogP) is 2.02. The minimum Gasteiger partial charge on any atom is -0.305 e. The van der Waals surface area contributed by atoms with Crippen LogP contribution in [-0.4, -0.2) is 18.7 Å². The van der Waals surface area contributed by atoms with Crippen molar-refractivity contribution >= 4 is 17.9 Å². The highest BCUT2D eigenvalue weighted by molar-refractivity contribution is 5.95. The Morgan fingerprint density at radius 1 is 1.33 bits per heavy atom. The second-order valence-electron chi connectivity index (χ2n) is 3.26. The Balaban J connectivity index is 2.82. The van der Waals surface area contributed by atoms with Crippen LogP contribution in [0, 0.1) is 0 Å². The van der Waals surface area contributed by atoms with E-state index < -0.39 is 0 Å². The van der Waals surface area contributed by atoms with Crippen LogP contribution in [0.2, 0.25) is 0 Å². The maximum Gasteiger partial charge on any atom is 0.227 e. The molecule has 1 aromatic carbocycles. The van der Waals surface area contributed by atoms with Crippen molar-refractivity contribution in [2.75, 3.05) is 11.4 Å². The van der Waals surface area contributed by atoms with Crippen molar-refractivity contribution in [2.24, 2.45) is 0 Å². The molecule has 0 radical (unpaired) electrons. The summed E-state index contributed by atoms with van der Waals surface area (Å²) in [4.78, 5) is 23.7. The summed E-state index contributed by atoms with van der Waals surface area (Å²) in [6.45, 7) is 2.07. The number of hydrogen-bond acceptors (Lipinski definition) is 2. The Labute approximate surface area is 89.7 Å². The molecule has 0 atom stereocenters. The summed E-state index contributed by atoms with van der Waals surface area (Å²) in [6, 6.07) is 9.25. The average Bonchev–Trinajstić information content (AvgIpc) is 2.27. The Kier molecular flexibility index (Phi) is 4.54. The molecule has 80 valence electrons. The lowest BCUT2D eigenvalue weighted by atomic mass is 10.2. The zero-order chi connectivity index (χ0) is 11.1. The quantitative estimate of drug-likeness (QED) is 0.690. The van der Waals surface area contributed by atoms with Crippen molar-refractivity contribution in [1.82, 2.24) is 0 Å². The van der Waals surface area contributed by atoms with E-state index in [9.17, 15) is 9.59 Å². The summed E-state index contributed by atoms with van der Waals surface area (Å²) >= 11 is 0. The molecular weight excluding hydrogens is 190 g/mol. The molecule has 3 heteroatoms. The molecule has 1 amide bonds. The first-order valence-corrected chi connectivity index (χ1v) is 5.08. The number of anilines is 1. The smallest absolute Gasteiger partial charge is 0.227 e. The Hall–Kier alpha value is -1.64. The first-order valence-electron chi connectivity index (χ1n) is 5.08. The number of aldehydes is 1. The van der Waals surface area contributed by atoms with E-state index in [1.54, 1.807) is 0 Å².